The molecule has 0 atom stereocenters. The molecule has 3 aromatic carbocycles. The van der Waals surface area contributed by atoms with E-state index in [1.54, 1.807) is 0 Å². The molecule has 0 fully saturated rings. The molecular formula is C23H24BrO2P. The highest BCUT2D eigenvalue weighted by atomic mass is 79.9. The maximum Gasteiger partial charge on any atom is 0.112 e. The van der Waals surface area contributed by atoms with Gasteiger partial charge in [0.05, 0.1) is 6.16 Å². The molecule has 3 rings (SSSR count). The molecule has 0 spiro atoms. The van der Waals surface area contributed by atoms with Crippen LogP contribution in [0.5, 0.6) is 0 Å². The van der Waals surface area contributed by atoms with Gasteiger partial charge in [-0.25, -0.2) is 0 Å². The Morgan fingerprint density at radius 1 is 0.778 bits per heavy atom. The molecule has 0 unspecified atom stereocenters. The van der Waals surface area contributed by atoms with Gasteiger partial charge in [0.2, 0.25) is 0 Å². The molecule has 0 aliphatic heterocycles. The van der Waals surface area contributed by atoms with Gasteiger partial charge in [0.1, 0.15) is 23.2 Å². The minimum Gasteiger partial charge on any atom is -0.550 e. The number of carbonyl (C=O) groups excluding carboxylic acids is 1. The predicted octanol–water partition coefficient (Wildman–Crippen LogP) is 3.52. The largest absolute Gasteiger partial charge is 0.550 e. The molecule has 140 valence electrons. The van der Waals surface area contributed by atoms with E-state index in [2.05, 4.69) is 107 Å². The highest BCUT2D eigenvalue weighted by Crippen LogP contribution is 2.55. The molecular weight excluding hydrogens is 419 g/mol. The summed E-state index contributed by atoms with van der Waals surface area (Å²) in [5.41, 5.74) is 0. The van der Waals surface area contributed by atoms with Gasteiger partial charge in [0.15, 0.2) is 0 Å². The SMILES string of the molecule is BrCCC[P+](c1ccccc1)(c1ccccc1)c1ccccc1.CC(=O)[O-]. The lowest BCUT2D eigenvalue weighted by molar-refractivity contribution is -0.302. The number of aliphatic carboxylic acids is 1. The topological polar surface area (TPSA) is 40.1 Å². The van der Waals surface area contributed by atoms with Crippen LogP contribution in [0, 0.1) is 0 Å². The maximum atomic E-state index is 8.89. The van der Waals surface area contributed by atoms with Crippen molar-refractivity contribution in [3.05, 3.63) is 91.0 Å². The van der Waals surface area contributed by atoms with Crippen molar-refractivity contribution in [2.24, 2.45) is 0 Å². The Labute approximate surface area is 170 Å². The number of rotatable bonds is 6. The number of benzene rings is 3. The molecule has 0 bridgehead atoms. The van der Waals surface area contributed by atoms with Crippen LogP contribution in [0.3, 0.4) is 0 Å². The predicted molar refractivity (Wildman–Crippen MR) is 119 cm³/mol. The average Bonchev–Trinajstić information content (AvgIpc) is 2.71. The van der Waals surface area contributed by atoms with Crippen LogP contribution < -0.4 is 21.0 Å². The number of hydrogen-bond donors (Lipinski definition) is 0. The van der Waals surface area contributed by atoms with Gasteiger partial charge in [-0.05, 0) is 49.7 Å². The van der Waals surface area contributed by atoms with Crippen LogP contribution in [0.4, 0.5) is 0 Å². The molecule has 0 saturated carbocycles. The summed E-state index contributed by atoms with van der Waals surface area (Å²) < 4.78 is 0. The maximum absolute atomic E-state index is 8.89. The highest BCUT2D eigenvalue weighted by Gasteiger charge is 2.44. The number of hydrogen-bond acceptors (Lipinski definition) is 2. The normalized spacial score (nSPS) is 10.6. The number of alkyl halides is 1. The van der Waals surface area contributed by atoms with Crippen LogP contribution in [0.1, 0.15) is 13.3 Å². The molecule has 0 radical (unpaired) electrons. The number of halogens is 1. The summed E-state index contributed by atoms with van der Waals surface area (Å²) in [6.07, 6.45) is 2.36. The molecule has 2 nitrogen and oxygen atoms in total. The summed E-state index contributed by atoms with van der Waals surface area (Å²) in [4.78, 5) is 8.89. The van der Waals surface area contributed by atoms with Crippen LogP contribution in [0.2, 0.25) is 0 Å². The van der Waals surface area contributed by atoms with E-state index in [0.29, 0.717) is 0 Å². The van der Waals surface area contributed by atoms with Crippen molar-refractivity contribution in [2.75, 3.05) is 11.5 Å². The molecule has 0 amide bonds. The van der Waals surface area contributed by atoms with Crippen molar-refractivity contribution in [2.45, 2.75) is 13.3 Å². The second kappa shape index (κ2) is 11.0. The summed E-state index contributed by atoms with van der Waals surface area (Å²) in [6, 6.07) is 33.2. The van der Waals surface area contributed by atoms with E-state index in [9.17, 15) is 0 Å². The molecule has 0 aliphatic rings. The second-order valence-corrected chi connectivity index (χ2v) is 10.5. The fraction of sp³-hybridized carbons (Fsp3) is 0.174. The number of carboxylic acids is 1. The molecule has 27 heavy (non-hydrogen) atoms. The van der Waals surface area contributed by atoms with Crippen molar-refractivity contribution >= 4 is 45.1 Å². The Bertz CT molecular complexity index is 707. The van der Waals surface area contributed by atoms with Gasteiger partial charge in [-0.15, -0.1) is 0 Å². The first-order chi connectivity index (χ1) is 13.1. The first kappa shape index (κ1) is 21.3. The van der Waals surface area contributed by atoms with E-state index in [0.717, 1.165) is 12.3 Å². The van der Waals surface area contributed by atoms with E-state index < -0.39 is 13.2 Å². The number of carboxylic acid groups (broad SMARTS) is 1. The Morgan fingerprint density at radius 2 is 1.07 bits per heavy atom. The zero-order valence-electron chi connectivity index (χ0n) is 15.4. The molecule has 0 heterocycles. The molecule has 0 N–H and O–H groups in total. The molecule has 0 aromatic heterocycles. The minimum absolute atomic E-state index is 0.972. The standard InChI is InChI=1S/C21H21BrP.C2H4O2/c22-17-10-18-23(19-11-4-1-5-12-19,20-13-6-2-7-14-20)21-15-8-3-9-16-21;1-2(3)4/h1-9,11-16H,10,17-18H2;1H3,(H,3,4)/q+1;/p-1. The summed E-state index contributed by atoms with van der Waals surface area (Å²) in [7, 11) is -1.60. The van der Waals surface area contributed by atoms with Gasteiger partial charge in [0, 0.05) is 11.3 Å². The third-order valence-corrected chi connectivity index (χ3v) is 9.30. The van der Waals surface area contributed by atoms with Crippen molar-refractivity contribution < 1.29 is 9.90 Å². The highest BCUT2D eigenvalue weighted by molar-refractivity contribution is 9.09. The third kappa shape index (κ3) is 5.76. The summed E-state index contributed by atoms with van der Waals surface area (Å²) in [5.74, 6) is -1.08. The molecule has 0 aliphatic carbocycles. The third-order valence-electron chi connectivity index (χ3n) is 4.22. The quantitative estimate of drug-likeness (QED) is 0.432. The van der Waals surface area contributed by atoms with Crippen LogP contribution >= 0.6 is 23.2 Å². The lowest BCUT2D eigenvalue weighted by Crippen LogP contribution is -2.33. The van der Waals surface area contributed by atoms with E-state index in [4.69, 9.17) is 9.90 Å². The van der Waals surface area contributed by atoms with Gasteiger partial charge in [-0.2, -0.15) is 0 Å². The van der Waals surface area contributed by atoms with E-state index in [1.807, 2.05) is 0 Å². The molecule has 3 aromatic rings. The fourth-order valence-electron chi connectivity index (χ4n) is 3.18. The molecule has 0 saturated heterocycles. The second-order valence-electron chi connectivity index (χ2n) is 6.07. The van der Waals surface area contributed by atoms with Crippen molar-refractivity contribution in [1.29, 1.82) is 0 Å². The Hall–Kier alpha value is -1.96. The van der Waals surface area contributed by atoms with Crippen LogP contribution in [-0.4, -0.2) is 17.5 Å². The summed E-state index contributed by atoms with van der Waals surface area (Å²) >= 11 is 3.64. The van der Waals surface area contributed by atoms with E-state index >= 15 is 0 Å². The van der Waals surface area contributed by atoms with Gasteiger partial charge >= 0.3 is 0 Å². The monoisotopic (exact) mass is 442 g/mol. The first-order valence-corrected chi connectivity index (χ1v) is 12.0. The average molecular weight is 443 g/mol. The lowest BCUT2D eigenvalue weighted by Gasteiger charge is -2.27. The van der Waals surface area contributed by atoms with Gasteiger partial charge in [-0.3, -0.25) is 0 Å². The minimum atomic E-state index is -1.60. The van der Waals surface area contributed by atoms with Crippen LogP contribution in [0.15, 0.2) is 91.0 Å². The van der Waals surface area contributed by atoms with Gasteiger partial charge in [0.25, 0.3) is 0 Å². The first-order valence-electron chi connectivity index (χ1n) is 8.89. The molecule has 4 heteroatoms. The zero-order chi connectivity index (χ0) is 19.5. The van der Waals surface area contributed by atoms with Gasteiger partial charge in [-0.1, -0.05) is 70.5 Å². The van der Waals surface area contributed by atoms with E-state index in [-0.39, 0.29) is 0 Å². The van der Waals surface area contributed by atoms with E-state index in [1.165, 1.54) is 28.5 Å². The smallest absolute Gasteiger partial charge is 0.112 e. The Kier molecular flexibility index (Phi) is 8.71. The van der Waals surface area contributed by atoms with Crippen LogP contribution in [-0.2, 0) is 4.79 Å². The van der Waals surface area contributed by atoms with Crippen LogP contribution in [0.25, 0.3) is 0 Å². The van der Waals surface area contributed by atoms with Crippen molar-refractivity contribution in [3.63, 3.8) is 0 Å². The zero-order valence-corrected chi connectivity index (χ0v) is 17.9. The van der Waals surface area contributed by atoms with Crippen molar-refractivity contribution in [1.82, 2.24) is 0 Å². The number of carbonyl (C=O) groups is 1. The lowest BCUT2D eigenvalue weighted by atomic mass is 10.4. The summed E-state index contributed by atoms with van der Waals surface area (Å²) in [5, 5.41) is 14.3. The fourth-order valence-corrected chi connectivity index (χ4v) is 8.24. The Morgan fingerprint density at radius 3 is 1.33 bits per heavy atom. The van der Waals surface area contributed by atoms with Gasteiger partial charge < -0.3 is 9.90 Å². The van der Waals surface area contributed by atoms with Crippen molar-refractivity contribution in [3.8, 4) is 0 Å². The Balaban J connectivity index is 0.000000596. The summed E-state index contributed by atoms with van der Waals surface area (Å²) in [6.45, 7) is 0.972.